The molecule has 0 atom stereocenters. The van der Waals surface area contributed by atoms with E-state index in [0.717, 1.165) is 11.6 Å². The summed E-state index contributed by atoms with van der Waals surface area (Å²) >= 11 is 5.91. The molecule has 90 valence electrons. The van der Waals surface area contributed by atoms with Crippen LogP contribution in [-0.2, 0) is 9.59 Å². The first kappa shape index (κ1) is 13.3. The van der Waals surface area contributed by atoms with Crippen LogP contribution in [0, 0.1) is 6.92 Å². The molecule has 5 heteroatoms. The number of hydrogen-bond acceptors (Lipinski definition) is 2. The van der Waals surface area contributed by atoms with Crippen LogP contribution in [-0.4, -0.2) is 18.4 Å². The molecule has 4 nitrogen and oxygen atoms in total. The maximum Gasteiger partial charge on any atom is 0.243 e. The number of anilines is 1. The summed E-state index contributed by atoms with van der Waals surface area (Å²) in [5, 5.41) is 5.62. The highest BCUT2D eigenvalue weighted by molar-refractivity contribution is 6.31. The van der Waals surface area contributed by atoms with Gasteiger partial charge in [0.05, 0.1) is 6.54 Å². The molecule has 0 aliphatic carbocycles. The van der Waals surface area contributed by atoms with Crippen LogP contribution in [0.2, 0.25) is 5.02 Å². The molecule has 0 saturated carbocycles. The first-order valence-corrected chi connectivity index (χ1v) is 5.37. The third kappa shape index (κ3) is 3.92. The van der Waals surface area contributed by atoms with Crippen LogP contribution in [0.4, 0.5) is 5.69 Å². The van der Waals surface area contributed by atoms with E-state index in [0.29, 0.717) is 10.7 Å². The van der Waals surface area contributed by atoms with Crippen molar-refractivity contribution in [2.45, 2.75) is 6.92 Å². The summed E-state index contributed by atoms with van der Waals surface area (Å²) in [6.45, 7) is 4.99. The van der Waals surface area contributed by atoms with Gasteiger partial charge >= 0.3 is 0 Å². The first-order valence-electron chi connectivity index (χ1n) is 5.00. The third-order valence-electron chi connectivity index (χ3n) is 2.15. The second-order valence-electron chi connectivity index (χ2n) is 3.38. The molecule has 2 N–H and O–H groups in total. The van der Waals surface area contributed by atoms with Gasteiger partial charge in [0.1, 0.15) is 0 Å². The Hall–Kier alpha value is -1.81. The van der Waals surface area contributed by atoms with Crippen molar-refractivity contribution in [1.29, 1.82) is 0 Å². The standard InChI is InChI=1S/C12H13ClN2O2/c1-3-11(16)14-7-12(17)15-10-6-4-5-9(13)8(10)2/h3-6H,1,7H2,2H3,(H,14,16)(H,15,17). The van der Waals surface area contributed by atoms with Crippen LogP contribution in [0.15, 0.2) is 30.9 Å². The number of halogens is 1. The summed E-state index contributed by atoms with van der Waals surface area (Å²) in [6, 6.07) is 5.23. The van der Waals surface area contributed by atoms with Crippen molar-refractivity contribution in [3.63, 3.8) is 0 Å². The molecular weight excluding hydrogens is 240 g/mol. The Morgan fingerprint density at radius 3 is 2.82 bits per heavy atom. The summed E-state index contributed by atoms with van der Waals surface area (Å²) < 4.78 is 0. The van der Waals surface area contributed by atoms with Crippen molar-refractivity contribution >= 4 is 29.1 Å². The molecule has 1 rings (SSSR count). The van der Waals surface area contributed by atoms with Gasteiger partial charge in [0.2, 0.25) is 11.8 Å². The van der Waals surface area contributed by atoms with E-state index in [2.05, 4.69) is 17.2 Å². The SMILES string of the molecule is C=CC(=O)NCC(=O)Nc1cccc(Cl)c1C. The number of rotatable bonds is 4. The van der Waals surface area contributed by atoms with Gasteiger partial charge < -0.3 is 10.6 Å². The molecule has 0 aliphatic rings. The maximum absolute atomic E-state index is 11.5. The van der Waals surface area contributed by atoms with Gasteiger partial charge in [0, 0.05) is 10.7 Å². The first-order chi connectivity index (χ1) is 8.04. The minimum atomic E-state index is -0.386. The number of amides is 2. The summed E-state index contributed by atoms with van der Waals surface area (Å²) in [4.78, 5) is 22.4. The van der Waals surface area contributed by atoms with Crippen LogP contribution >= 0.6 is 11.6 Å². The van der Waals surface area contributed by atoms with Crippen LogP contribution < -0.4 is 10.6 Å². The monoisotopic (exact) mass is 252 g/mol. The van der Waals surface area contributed by atoms with Crippen molar-refractivity contribution in [2.24, 2.45) is 0 Å². The fourth-order valence-electron chi connectivity index (χ4n) is 1.18. The lowest BCUT2D eigenvalue weighted by molar-refractivity contribution is -0.121. The van der Waals surface area contributed by atoms with Crippen molar-refractivity contribution in [3.8, 4) is 0 Å². The normalized spacial score (nSPS) is 9.53. The molecule has 0 saturated heterocycles. The van der Waals surface area contributed by atoms with Gasteiger partial charge in [-0.25, -0.2) is 0 Å². The van der Waals surface area contributed by atoms with E-state index >= 15 is 0 Å². The smallest absolute Gasteiger partial charge is 0.243 e. The average Bonchev–Trinajstić information content (AvgIpc) is 2.32. The molecule has 17 heavy (non-hydrogen) atoms. The molecule has 0 spiro atoms. The lowest BCUT2D eigenvalue weighted by Crippen LogP contribution is -2.31. The van der Waals surface area contributed by atoms with Gasteiger partial charge in [-0.1, -0.05) is 24.2 Å². The van der Waals surface area contributed by atoms with E-state index in [1.165, 1.54) is 0 Å². The summed E-state index contributed by atoms with van der Waals surface area (Å²) in [5.74, 6) is -0.700. The number of nitrogens with one attached hydrogen (secondary N) is 2. The summed E-state index contributed by atoms with van der Waals surface area (Å²) in [5.41, 5.74) is 1.42. The second-order valence-corrected chi connectivity index (χ2v) is 3.79. The quantitative estimate of drug-likeness (QED) is 0.804. The molecule has 0 radical (unpaired) electrons. The molecule has 0 heterocycles. The largest absolute Gasteiger partial charge is 0.343 e. The number of hydrogen-bond donors (Lipinski definition) is 2. The zero-order valence-electron chi connectivity index (χ0n) is 9.42. The molecule has 1 aromatic rings. The highest BCUT2D eigenvalue weighted by atomic mass is 35.5. The second kappa shape index (κ2) is 6.06. The molecule has 0 unspecified atom stereocenters. The average molecular weight is 253 g/mol. The van der Waals surface area contributed by atoms with Gasteiger partial charge in [-0.3, -0.25) is 9.59 Å². The zero-order chi connectivity index (χ0) is 12.8. The Labute approximate surface area is 105 Å². The molecule has 0 fully saturated rings. The molecule has 0 aromatic heterocycles. The van der Waals surface area contributed by atoms with E-state index in [1.54, 1.807) is 25.1 Å². The van der Waals surface area contributed by atoms with Crippen LogP contribution in [0.1, 0.15) is 5.56 Å². The van der Waals surface area contributed by atoms with E-state index in [4.69, 9.17) is 11.6 Å². The predicted molar refractivity (Wildman–Crippen MR) is 68.0 cm³/mol. The van der Waals surface area contributed by atoms with E-state index in [9.17, 15) is 9.59 Å². The Morgan fingerprint density at radius 2 is 2.18 bits per heavy atom. The Bertz CT molecular complexity index is 458. The van der Waals surface area contributed by atoms with Crippen molar-refractivity contribution in [3.05, 3.63) is 41.4 Å². The lowest BCUT2D eigenvalue weighted by Gasteiger charge is -2.09. The highest BCUT2D eigenvalue weighted by Crippen LogP contribution is 2.22. The fraction of sp³-hybridized carbons (Fsp3) is 0.167. The maximum atomic E-state index is 11.5. The Kier molecular flexibility index (Phi) is 4.72. The van der Waals surface area contributed by atoms with Gasteiger partial charge in [-0.05, 0) is 30.7 Å². The van der Waals surface area contributed by atoms with Gasteiger partial charge in [-0.2, -0.15) is 0 Å². The minimum absolute atomic E-state index is 0.100. The van der Waals surface area contributed by atoms with Crippen molar-refractivity contribution in [2.75, 3.05) is 11.9 Å². The Morgan fingerprint density at radius 1 is 1.47 bits per heavy atom. The van der Waals surface area contributed by atoms with Gasteiger partial charge in [-0.15, -0.1) is 0 Å². The highest BCUT2D eigenvalue weighted by Gasteiger charge is 2.07. The predicted octanol–water partition coefficient (Wildman–Crippen LogP) is 1.89. The van der Waals surface area contributed by atoms with E-state index in [1.807, 2.05) is 0 Å². The number of carbonyl (C=O) groups is 2. The van der Waals surface area contributed by atoms with Crippen LogP contribution in [0.25, 0.3) is 0 Å². The molecular formula is C12H13ClN2O2. The minimum Gasteiger partial charge on any atom is -0.343 e. The van der Waals surface area contributed by atoms with Crippen LogP contribution in [0.3, 0.4) is 0 Å². The van der Waals surface area contributed by atoms with Crippen molar-refractivity contribution in [1.82, 2.24) is 5.32 Å². The number of benzene rings is 1. The van der Waals surface area contributed by atoms with Gasteiger partial charge in [0.25, 0.3) is 0 Å². The number of carbonyl (C=O) groups excluding carboxylic acids is 2. The lowest BCUT2D eigenvalue weighted by atomic mass is 10.2. The topological polar surface area (TPSA) is 58.2 Å². The zero-order valence-corrected chi connectivity index (χ0v) is 10.2. The fourth-order valence-corrected chi connectivity index (χ4v) is 1.35. The van der Waals surface area contributed by atoms with Crippen LogP contribution in [0.5, 0.6) is 0 Å². The van der Waals surface area contributed by atoms with Crippen molar-refractivity contribution < 1.29 is 9.59 Å². The summed E-state index contributed by atoms with van der Waals surface area (Å²) in [7, 11) is 0. The molecule has 1 aromatic carbocycles. The third-order valence-corrected chi connectivity index (χ3v) is 2.56. The Balaban J connectivity index is 2.59. The summed E-state index contributed by atoms with van der Waals surface area (Å²) in [6.07, 6.45) is 1.11. The van der Waals surface area contributed by atoms with E-state index < -0.39 is 0 Å². The molecule has 0 aliphatic heterocycles. The molecule has 2 amide bonds. The van der Waals surface area contributed by atoms with Gasteiger partial charge in [0.15, 0.2) is 0 Å². The molecule has 0 bridgehead atoms. The van der Waals surface area contributed by atoms with E-state index in [-0.39, 0.29) is 18.4 Å².